The topological polar surface area (TPSA) is 0 Å². The molecule has 9 heteroatoms. The van der Waals surface area contributed by atoms with Crippen molar-refractivity contribution in [3.05, 3.63) is 0 Å². The van der Waals surface area contributed by atoms with Crippen molar-refractivity contribution in [1.82, 2.24) is 0 Å². The summed E-state index contributed by atoms with van der Waals surface area (Å²) in [4.78, 5) is 0. The van der Waals surface area contributed by atoms with Gasteiger partial charge in [-0.2, -0.15) is 0 Å². The van der Waals surface area contributed by atoms with Gasteiger partial charge in [-0.15, -0.1) is 0 Å². The minimum absolute atomic E-state index is 0. The van der Waals surface area contributed by atoms with Crippen molar-refractivity contribution in [2.75, 3.05) is 0 Å². The van der Waals surface area contributed by atoms with Crippen molar-refractivity contribution in [2.24, 2.45) is 0 Å². The molecule has 0 heterocycles. The minimum Gasteiger partial charge on any atom is 0 e. The van der Waals surface area contributed by atoms with E-state index in [0.717, 1.165) is 0 Å². The summed E-state index contributed by atoms with van der Waals surface area (Å²) in [5, 5.41) is 0. The minimum atomic E-state index is 0. The van der Waals surface area contributed by atoms with Gasteiger partial charge in [0.15, 0.2) is 0 Å². The van der Waals surface area contributed by atoms with Crippen LogP contribution in [-0.4, -0.2) is 0 Å². The Morgan fingerprint density at radius 3 is 0.111 bits per heavy atom. The fraction of sp³-hybridized carbons (Fsp3) is 0. The molecule has 0 aromatic rings. The van der Waals surface area contributed by atoms with Crippen molar-refractivity contribution in [3.8, 4) is 0 Å². The third-order valence-corrected chi connectivity index (χ3v) is 0. The first kappa shape index (κ1) is 60.1. The van der Waals surface area contributed by atoms with E-state index in [4.69, 9.17) is 0 Å². The summed E-state index contributed by atoms with van der Waals surface area (Å²) in [6.45, 7) is 0. The number of rotatable bonds is 0. The summed E-state index contributed by atoms with van der Waals surface area (Å²) in [5.41, 5.74) is 0. The molecule has 0 saturated heterocycles. The first-order valence-electron chi connectivity index (χ1n) is 0. The van der Waals surface area contributed by atoms with Crippen LogP contribution in [0.25, 0.3) is 0 Å². The van der Waals surface area contributed by atoms with Crippen LogP contribution in [-0.2, 0) is 0 Å². The maximum absolute atomic E-state index is 0. The SMILES string of the molecule is [La].[La].[La].[La].[La].[La].[La].[La].[La]. The van der Waals surface area contributed by atoms with Crippen LogP contribution in [0.5, 0.6) is 0 Å². The first-order valence-corrected chi connectivity index (χ1v) is 0. The van der Waals surface area contributed by atoms with Gasteiger partial charge in [-0.3, -0.25) is 0 Å². The Bertz CT molecular complexity index is 0. The molecule has 0 spiro atoms. The number of hydrogen-bond donors (Lipinski definition) is 0. The molecule has 0 saturated carbocycles. The molecule has 0 unspecified atom stereocenters. The van der Waals surface area contributed by atoms with Crippen LogP contribution in [0.15, 0.2) is 0 Å². The Hall–Kier alpha value is 10.8. The smallest absolute Gasteiger partial charge is 0 e. The van der Waals surface area contributed by atoms with Gasteiger partial charge in [0.05, 0.1) is 0 Å². The van der Waals surface area contributed by atoms with Gasteiger partial charge >= 0.3 is 0 Å². The molecule has 9 heavy (non-hydrogen) atoms. The summed E-state index contributed by atoms with van der Waals surface area (Å²) in [6, 6.07) is 0. The van der Waals surface area contributed by atoms with Crippen LogP contribution in [0.1, 0.15) is 0 Å². The average Bonchev–Trinajstić information content (AvgIpc) is 0. The molecule has 0 bridgehead atoms. The standard InChI is InChI=1S/9La. The van der Waals surface area contributed by atoms with Gasteiger partial charge in [0.25, 0.3) is 0 Å². The van der Waals surface area contributed by atoms with Crippen molar-refractivity contribution < 1.29 is 320 Å². The van der Waals surface area contributed by atoms with E-state index in [-0.39, 0.29) is 320 Å². The van der Waals surface area contributed by atoms with E-state index < -0.39 is 0 Å². The predicted molar refractivity (Wildman–Crippen MR) is 0 cm³/mol. The summed E-state index contributed by atoms with van der Waals surface area (Å²) < 4.78 is 0. The molecule has 27 valence electrons. The molecular weight excluding hydrogens is 1250 g/mol. The zero-order valence-electron chi connectivity index (χ0n) is 5.20. The van der Waals surface area contributed by atoms with Crippen LogP contribution in [0.2, 0.25) is 0 Å². The molecule has 0 fully saturated rings. The summed E-state index contributed by atoms with van der Waals surface area (Å²) in [7, 11) is 0. The van der Waals surface area contributed by atoms with Crippen LogP contribution in [0, 0.1) is 320 Å². The van der Waals surface area contributed by atoms with Gasteiger partial charge < -0.3 is 0 Å². The third-order valence-electron chi connectivity index (χ3n) is 0. The molecule has 0 amide bonds. The van der Waals surface area contributed by atoms with Gasteiger partial charge in [0, 0.05) is 320 Å². The summed E-state index contributed by atoms with van der Waals surface area (Å²) >= 11 is 0. The summed E-state index contributed by atoms with van der Waals surface area (Å²) in [5.74, 6) is 0. The van der Waals surface area contributed by atoms with E-state index in [2.05, 4.69) is 0 Å². The Kier molecular flexibility index (Phi) is 341. The van der Waals surface area contributed by atoms with Crippen LogP contribution < -0.4 is 0 Å². The van der Waals surface area contributed by atoms with Gasteiger partial charge in [0.1, 0.15) is 0 Å². The maximum atomic E-state index is 0. The Labute approximate surface area is 308 Å². The van der Waals surface area contributed by atoms with Gasteiger partial charge in [-0.05, 0) is 0 Å². The third kappa shape index (κ3) is 45.5. The van der Waals surface area contributed by atoms with Crippen molar-refractivity contribution in [3.63, 3.8) is 0 Å². The molecule has 0 N–H and O–H groups in total. The van der Waals surface area contributed by atoms with Gasteiger partial charge in [-0.25, -0.2) is 0 Å². The van der Waals surface area contributed by atoms with E-state index >= 15 is 0 Å². The van der Waals surface area contributed by atoms with Crippen LogP contribution in [0.4, 0.5) is 0 Å². The van der Waals surface area contributed by atoms with Crippen LogP contribution in [0.3, 0.4) is 0 Å². The second kappa shape index (κ2) is 51.1. The average molecular weight is 1250 g/mol. The second-order valence-corrected chi connectivity index (χ2v) is 0. The molecular formula is La9. The molecule has 0 aliphatic heterocycles. The van der Waals surface area contributed by atoms with Crippen molar-refractivity contribution >= 4 is 0 Å². The molecule has 0 aliphatic carbocycles. The molecule has 0 atom stereocenters. The van der Waals surface area contributed by atoms with E-state index in [1.54, 1.807) is 0 Å². The fourth-order valence-electron chi connectivity index (χ4n) is 0. The Morgan fingerprint density at radius 1 is 0.111 bits per heavy atom. The molecule has 0 rings (SSSR count). The van der Waals surface area contributed by atoms with E-state index in [0.29, 0.717) is 0 Å². The monoisotopic (exact) mass is 1250 g/mol. The number of hydrogen-bond acceptors (Lipinski definition) is 0. The Morgan fingerprint density at radius 2 is 0.111 bits per heavy atom. The fourth-order valence-corrected chi connectivity index (χ4v) is 0. The largest absolute Gasteiger partial charge is 0 e. The van der Waals surface area contributed by atoms with Crippen LogP contribution >= 0.6 is 0 Å². The molecule has 0 nitrogen and oxygen atoms in total. The van der Waals surface area contributed by atoms with Crippen molar-refractivity contribution in [2.45, 2.75) is 0 Å². The normalized spacial score (nSPS) is 0. The zero-order valence-corrected chi connectivity index (χ0v) is 37.8. The molecule has 9 radical (unpaired) electrons. The van der Waals surface area contributed by atoms with Gasteiger partial charge in [0.2, 0.25) is 0 Å². The molecule has 0 aromatic carbocycles. The molecule has 0 aromatic heterocycles. The predicted octanol–water partition coefficient (Wildman–Crippen LogP) is 0. The van der Waals surface area contributed by atoms with E-state index in [1.807, 2.05) is 0 Å². The van der Waals surface area contributed by atoms with E-state index in [1.165, 1.54) is 0 Å². The maximum Gasteiger partial charge on any atom is 0 e. The van der Waals surface area contributed by atoms with Crippen molar-refractivity contribution in [1.29, 1.82) is 0 Å². The molecule has 0 aliphatic rings. The summed E-state index contributed by atoms with van der Waals surface area (Å²) in [6.07, 6.45) is 0. The second-order valence-electron chi connectivity index (χ2n) is 0. The zero-order chi connectivity index (χ0) is 0. The van der Waals surface area contributed by atoms with E-state index in [9.17, 15) is 0 Å². The Balaban J connectivity index is 0. The quantitative estimate of drug-likeness (QED) is 0.321. The van der Waals surface area contributed by atoms with Gasteiger partial charge in [-0.1, -0.05) is 0 Å². The first-order chi connectivity index (χ1) is 0.